The Morgan fingerprint density at radius 3 is 2.07 bits per heavy atom. The van der Waals surface area contributed by atoms with Gasteiger partial charge in [0.1, 0.15) is 0 Å². The summed E-state index contributed by atoms with van der Waals surface area (Å²) in [6, 6.07) is 0.172. The molecule has 0 aliphatic heterocycles. The van der Waals surface area contributed by atoms with Crippen LogP contribution in [0, 0.1) is 5.41 Å². The van der Waals surface area contributed by atoms with E-state index in [-0.39, 0.29) is 23.4 Å². The number of rotatable bonds is 3. The van der Waals surface area contributed by atoms with Crippen molar-refractivity contribution in [2.24, 2.45) is 11.1 Å². The Morgan fingerprint density at radius 1 is 1.36 bits per heavy atom. The molecule has 1 unspecified atom stereocenters. The summed E-state index contributed by atoms with van der Waals surface area (Å²) >= 11 is 0. The summed E-state index contributed by atoms with van der Waals surface area (Å²) in [6.45, 7) is 10.2. The maximum atomic E-state index is 11.7. The minimum absolute atomic E-state index is 0.00647. The van der Waals surface area contributed by atoms with Gasteiger partial charge in [0, 0.05) is 25.6 Å². The van der Waals surface area contributed by atoms with Crippen molar-refractivity contribution in [2.75, 3.05) is 7.05 Å². The van der Waals surface area contributed by atoms with Crippen LogP contribution in [-0.4, -0.2) is 29.9 Å². The Morgan fingerprint density at radius 2 is 1.79 bits per heavy atom. The Bertz CT molecular complexity index is 194. The van der Waals surface area contributed by atoms with Gasteiger partial charge in [-0.2, -0.15) is 0 Å². The first-order valence-corrected chi connectivity index (χ1v) is 5.17. The lowest BCUT2D eigenvalue weighted by Crippen LogP contribution is -2.42. The molecule has 3 nitrogen and oxygen atoms in total. The molecule has 14 heavy (non-hydrogen) atoms. The fourth-order valence-corrected chi connectivity index (χ4v) is 0.926. The van der Waals surface area contributed by atoms with Gasteiger partial charge in [0.2, 0.25) is 5.91 Å². The fraction of sp³-hybridized carbons (Fsp3) is 0.909. The minimum atomic E-state index is -0.0730. The van der Waals surface area contributed by atoms with Crippen LogP contribution in [0.1, 0.15) is 41.0 Å². The Labute approximate surface area is 87.6 Å². The molecule has 0 aromatic heterocycles. The maximum Gasteiger partial charge on any atom is 0.224 e. The zero-order valence-corrected chi connectivity index (χ0v) is 10.3. The molecule has 0 radical (unpaired) electrons. The van der Waals surface area contributed by atoms with Crippen LogP contribution in [0.5, 0.6) is 0 Å². The van der Waals surface area contributed by atoms with Crippen molar-refractivity contribution in [3.05, 3.63) is 0 Å². The van der Waals surface area contributed by atoms with Crippen molar-refractivity contribution in [3.63, 3.8) is 0 Å². The summed E-state index contributed by atoms with van der Waals surface area (Å²) in [5.74, 6) is 0.127. The van der Waals surface area contributed by atoms with Gasteiger partial charge in [-0.15, -0.1) is 0 Å². The van der Waals surface area contributed by atoms with E-state index >= 15 is 0 Å². The molecule has 0 aromatic rings. The van der Waals surface area contributed by atoms with Crippen LogP contribution in [0.3, 0.4) is 0 Å². The van der Waals surface area contributed by atoms with Crippen LogP contribution in [-0.2, 0) is 4.79 Å². The molecule has 0 fully saturated rings. The number of nitrogens with two attached hydrogens (primary N) is 1. The van der Waals surface area contributed by atoms with Gasteiger partial charge in [0.15, 0.2) is 0 Å². The smallest absolute Gasteiger partial charge is 0.224 e. The second kappa shape index (κ2) is 4.78. The van der Waals surface area contributed by atoms with Gasteiger partial charge in [0.25, 0.3) is 0 Å². The minimum Gasteiger partial charge on any atom is -0.343 e. The molecule has 0 bridgehead atoms. The summed E-state index contributed by atoms with van der Waals surface area (Å²) in [5, 5.41) is 0. The molecule has 0 aliphatic carbocycles. The molecule has 0 aliphatic rings. The van der Waals surface area contributed by atoms with Gasteiger partial charge in [-0.3, -0.25) is 4.79 Å². The number of amides is 1. The van der Waals surface area contributed by atoms with Crippen molar-refractivity contribution < 1.29 is 4.79 Å². The van der Waals surface area contributed by atoms with Crippen LogP contribution in [0.15, 0.2) is 0 Å². The molecule has 2 N–H and O–H groups in total. The largest absolute Gasteiger partial charge is 0.343 e. The van der Waals surface area contributed by atoms with Crippen molar-refractivity contribution in [1.29, 1.82) is 0 Å². The van der Waals surface area contributed by atoms with Gasteiger partial charge in [-0.1, -0.05) is 20.8 Å². The summed E-state index contributed by atoms with van der Waals surface area (Å²) in [7, 11) is 1.82. The average Bonchev–Trinajstić information content (AvgIpc) is 2.00. The zero-order valence-electron chi connectivity index (χ0n) is 10.3. The second-order valence-electron chi connectivity index (χ2n) is 5.28. The van der Waals surface area contributed by atoms with E-state index < -0.39 is 0 Å². The molecule has 0 saturated heterocycles. The second-order valence-corrected chi connectivity index (χ2v) is 5.28. The van der Waals surface area contributed by atoms with Crippen LogP contribution >= 0.6 is 0 Å². The van der Waals surface area contributed by atoms with Gasteiger partial charge >= 0.3 is 0 Å². The summed E-state index contributed by atoms with van der Waals surface area (Å²) in [4.78, 5) is 13.4. The monoisotopic (exact) mass is 200 g/mol. The highest BCUT2D eigenvalue weighted by molar-refractivity contribution is 5.76. The van der Waals surface area contributed by atoms with Crippen molar-refractivity contribution in [3.8, 4) is 0 Å². The third-order valence-electron chi connectivity index (χ3n) is 2.67. The first kappa shape index (κ1) is 13.4. The van der Waals surface area contributed by atoms with E-state index in [2.05, 4.69) is 20.8 Å². The van der Waals surface area contributed by atoms with E-state index in [4.69, 9.17) is 5.73 Å². The quantitative estimate of drug-likeness (QED) is 0.752. The van der Waals surface area contributed by atoms with E-state index in [9.17, 15) is 4.79 Å². The summed E-state index contributed by atoms with van der Waals surface area (Å²) < 4.78 is 0. The molecule has 0 spiro atoms. The molecular weight excluding hydrogens is 176 g/mol. The summed E-state index contributed by atoms with van der Waals surface area (Å²) in [5.41, 5.74) is 5.94. The van der Waals surface area contributed by atoms with E-state index in [1.165, 1.54) is 0 Å². The molecular formula is C11H24N2O. The van der Waals surface area contributed by atoms with Crippen LogP contribution < -0.4 is 5.73 Å². The molecule has 0 aromatic carbocycles. The third-order valence-corrected chi connectivity index (χ3v) is 2.67. The molecule has 84 valence electrons. The normalized spacial score (nSPS) is 14.3. The zero-order chi connectivity index (χ0) is 11.5. The number of hydrogen-bond donors (Lipinski definition) is 1. The highest BCUT2D eigenvalue weighted by Crippen LogP contribution is 2.20. The number of carbonyl (C=O) groups is 1. The molecule has 0 rings (SSSR count). The first-order valence-electron chi connectivity index (χ1n) is 5.17. The van der Waals surface area contributed by atoms with Crippen LogP contribution in [0.2, 0.25) is 0 Å². The van der Waals surface area contributed by atoms with Crippen molar-refractivity contribution in [2.45, 2.75) is 53.1 Å². The maximum absolute atomic E-state index is 11.7. The Kier molecular flexibility index (Phi) is 4.59. The lowest BCUT2D eigenvalue weighted by Gasteiger charge is -2.29. The van der Waals surface area contributed by atoms with E-state index in [1.54, 1.807) is 4.90 Å². The SMILES string of the molecule is CC(C)N(C)C(=O)CC(N)C(C)(C)C. The van der Waals surface area contributed by atoms with Crippen LogP contribution in [0.25, 0.3) is 0 Å². The molecule has 3 heteroatoms. The highest BCUT2D eigenvalue weighted by atomic mass is 16.2. The predicted octanol–water partition coefficient (Wildman–Crippen LogP) is 1.62. The topological polar surface area (TPSA) is 46.3 Å². The van der Waals surface area contributed by atoms with Crippen LogP contribution in [0.4, 0.5) is 0 Å². The van der Waals surface area contributed by atoms with E-state index in [1.807, 2.05) is 20.9 Å². The standard InChI is InChI=1S/C11H24N2O/c1-8(2)13(6)10(14)7-9(12)11(3,4)5/h8-9H,7,12H2,1-6H3. The highest BCUT2D eigenvalue weighted by Gasteiger charge is 2.25. The number of nitrogens with zero attached hydrogens (tertiary/aromatic N) is 1. The lowest BCUT2D eigenvalue weighted by molar-refractivity contribution is -0.132. The van der Waals surface area contributed by atoms with Gasteiger partial charge in [-0.05, 0) is 19.3 Å². The Hall–Kier alpha value is -0.570. The predicted molar refractivity (Wildman–Crippen MR) is 60.0 cm³/mol. The number of hydrogen-bond acceptors (Lipinski definition) is 2. The van der Waals surface area contributed by atoms with E-state index in [0.717, 1.165) is 0 Å². The molecule has 1 atom stereocenters. The van der Waals surface area contributed by atoms with Crippen molar-refractivity contribution >= 4 is 5.91 Å². The number of carbonyl (C=O) groups excluding carboxylic acids is 1. The fourth-order valence-electron chi connectivity index (χ4n) is 0.926. The van der Waals surface area contributed by atoms with Gasteiger partial charge < -0.3 is 10.6 Å². The summed E-state index contributed by atoms with van der Waals surface area (Å²) in [6.07, 6.45) is 0.429. The van der Waals surface area contributed by atoms with Crippen molar-refractivity contribution in [1.82, 2.24) is 4.90 Å². The molecule has 0 saturated carbocycles. The van der Waals surface area contributed by atoms with Gasteiger partial charge in [0.05, 0.1) is 0 Å². The van der Waals surface area contributed by atoms with Gasteiger partial charge in [-0.25, -0.2) is 0 Å². The lowest BCUT2D eigenvalue weighted by atomic mass is 9.85. The van der Waals surface area contributed by atoms with E-state index in [0.29, 0.717) is 6.42 Å². The first-order chi connectivity index (χ1) is 6.16. The Balaban J connectivity index is 4.20. The average molecular weight is 200 g/mol. The third kappa shape index (κ3) is 4.09. The molecule has 1 amide bonds. The molecule has 0 heterocycles.